The van der Waals surface area contributed by atoms with Crippen LogP contribution in [0.1, 0.15) is 23.6 Å². The normalized spacial score (nSPS) is 11.7. The minimum absolute atomic E-state index is 0.0510. The molecule has 0 aliphatic heterocycles. The number of carbonyl (C=O) groups is 1. The Morgan fingerprint density at radius 2 is 1.26 bits per heavy atom. The number of nitrogens with zero attached hydrogens (tertiary/aromatic N) is 1. The zero-order chi connectivity index (χ0) is 24.0. The van der Waals surface area contributed by atoms with Crippen LogP contribution in [0.15, 0.2) is 120 Å². The van der Waals surface area contributed by atoms with E-state index >= 15 is 0 Å². The molecular weight excluding hydrogens is 442 g/mol. The van der Waals surface area contributed by atoms with Gasteiger partial charge in [-0.1, -0.05) is 97.9 Å². The fraction of sp³-hybridized carbons (Fsp3) is 0.0690. The maximum Gasteiger partial charge on any atom is 0.272 e. The lowest BCUT2D eigenvalue weighted by Crippen LogP contribution is -2.37. The van der Waals surface area contributed by atoms with E-state index in [-0.39, 0.29) is 10.5 Å². The molecule has 1 amide bonds. The molecule has 0 unspecified atom stereocenters. The summed E-state index contributed by atoms with van der Waals surface area (Å²) in [4.78, 5) is 14.2. The van der Waals surface area contributed by atoms with E-state index < -0.39 is 15.9 Å². The fourth-order valence-corrected chi connectivity index (χ4v) is 5.07. The molecule has 0 N–H and O–H groups in total. The van der Waals surface area contributed by atoms with E-state index in [1.54, 1.807) is 48.5 Å². The van der Waals surface area contributed by atoms with Crippen LogP contribution in [-0.2, 0) is 21.2 Å². The van der Waals surface area contributed by atoms with Crippen molar-refractivity contribution >= 4 is 33.3 Å². The summed E-state index contributed by atoms with van der Waals surface area (Å²) in [5.41, 5.74) is 3.06. The first-order valence-corrected chi connectivity index (χ1v) is 12.5. The van der Waals surface area contributed by atoms with Crippen LogP contribution >= 0.6 is 0 Å². The molecule has 4 rings (SSSR count). The highest BCUT2D eigenvalue weighted by Gasteiger charge is 2.33. The first-order chi connectivity index (χ1) is 16.5. The average Bonchev–Trinajstić information content (AvgIpc) is 2.89. The van der Waals surface area contributed by atoms with Crippen LogP contribution in [-0.4, -0.2) is 14.3 Å². The molecule has 5 heteroatoms. The highest BCUT2D eigenvalue weighted by Crippen LogP contribution is 2.30. The molecule has 34 heavy (non-hydrogen) atoms. The monoisotopic (exact) mass is 467 g/mol. The molecule has 0 saturated carbocycles. The summed E-state index contributed by atoms with van der Waals surface area (Å²) in [5, 5.41) is 0. The van der Waals surface area contributed by atoms with Crippen molar-refractivity contribution in [3.8, 4) is 0 Å². The van der Waals surface area contributed by atoms with Gasteiger partial charge in [0, 0.05) is 5.57 Å². The van der Waals surface area contributed by atoms with Crippen molar-refractivity contribution in [3.05, 3.63) is 132 Å². The Kier molecular flexibility index (Phi) is 7.04. The maximum absolute atomic E-state index is 14.1. The number of amides is 1. The third-order valence-corrected chi connectivity index (χ3v) is 7.20. The number of carbonyl (C=O) groups excluding carboxylic acids is 1. The van der Waals surface area contributed by atoms with E-state index in [1.807, 2.05) is 67.6 Å². The molecular formula is C29H25NO3S. The Bertz CT molecular complexity index is 1380. The van der Waals surface area contributed by atoms with Gasteiger partial charge in [-0.2, -0.15) is 4.31 Å². The summed E-state index contributed by atoms with van der Waals surface area (Å²) in [6, 6.07) is 33.6. The molecule has 0 aromatic heterocycles. The van der Waals surface area contributed by atoms with Crippen molar-refractivity contribution in [1.29, 1.82) is 0 Å². The molecule has 0 aliphatic carbocycles. The van der Waals surface area contributed by atoms with Crippen LogP contribution in [0.25, 0.3) is 11.6 Å². The van der Waals surface area contributed by atoms with Crippen LogP contribution in [0.2, 0.25) is 0 Å². The summed E-state index contributed by atoms with van der Waals surface area (Å²) >= 11 is 0. The summed E-state index contributed by atoms with van der Waals surface area (Å²) in [6.07, 6.45) is 2.54. The quantitative estimate of drug-likeness (QED) is 0.240. The van der Waals surface area contributed by atoms with Crippen LogP contribution in [0.5, 0.6) is 0 Å². The first-order valence-electron chi connectivity index (χ1n) is 11.1. The van der Waals surface area contributed by atoms with Crippen molar-refractivity contribution in [2.24, 2.45) is 0 Å². The molecule has 0 aliphatic rings. The predicted molar refractivity (Wildman–Crippen MR) is 138 cm³/mol. The van der Waals surface area contributed by atoms with Crippen molar-refractivity contribution < 1.29 is 13.2 Å². The molecule has 0 fully saturated rings. The SMILES string of the molecule is CCc1ccc(N(C(=O)/C(=C/c2ccccc2)c2ccccc2)S(=O)(=O)c2ccccc2)cc1. The molecule has 0 heterocycles. The number of sulfonamides is 1. The predicted octanol–water partition coefficient (Wildman–Crippen LogP) is 6.21. The summed E-state index contributed by atoms with van der Waals surface area (Å²) in [7, 11) is -4.18. The highest BCUT2D eigenvalue weighted by molar-refractivity contribution is 7.93. The van der Waals surface area contributed by atoms with E-state index in [0.29, 0.717) is 11.3 Å². The molecule has 4 aromatic carbocycles. The third kappa shape index (κ3) is 5.00. The van der Waals surface area contributed by atoms with Crippen molar-refractivity contribution in [3.63, 3.8) is 0 Å². The second-order valence-electron chi connectivity index (χ2n) is 7.74. The fourth-order valence-electron chi connectivity index (χ4n) is 3.64. The molecule has 4 nitrogen and oxygen atoms in total. The van der Waals surface area contributed by atoms with E-state index in [0.717, 1.165) is 21.9 Å². The minimum atomic E-state index is -4.18. The lowest BCUT2D eigenvalue weighted by Gasteiger charge is -2.24. The van der Waals surface area contributed by atoms with Crippen molar-refractivity contribution in [2.45, 2.75) is 18.2 Å². The minimum Gasteiger partial charge on any atom is -0.268 e. The largest absolute Gasteiger partial charge is 0.272 e. The topological polar surface area (TPSA) is 54.5 Å². The van der Waals surface area contributed by atoms with Gasteiger partial charge in [0.15, 0.2) is 0 Å². The zero-order valence-electron chi connectivity index (χ0n) is 18.8. The summed E-state index contributed by atoms with van der Waals surface area (Å²) in [5.74, 6) is -0.622. The molecule has 0 saturated heterocycles. The van der Waals surface area contributed by atoms with E-state index in [4.69, 9.17) is 0 Å². The summed E-state index contributed by atoms with van der Waals surface area (Å²) < 4.78 is 28.5. The highest BCUT2D eigenvalue weighted by atomic mass is 32.2. The van der Waals surface area contributed by atoms with Gasteiger partial charge in [-0.05, 0) is 53.5 Å². The van der Waals surface area contributed by atoms with Gasteiger partial charge in [-0.15, -0.1) is 0 Å². The number of aryl methyl sites for hydroxylation is 1. The Hall–Kier alpha value is -3.96. The van der Waals surface area contributed by atoms with Crippen LogP contribution in [0, 0.1) is 0 Å². The number of hydrogen-bond acceptors (Lipinski definition) is 3. The second-order valence-corrected chi connectivity index (χ2v) is 9.53. The molecule has 0 atom stereocenters. The zero-order valence-corrected chi connectivity index (χ0v) is 19.7. The number of rotatable bonds is 7. The van der Waals surface area contributed by atoms with Gasteiger partial charge < -0.3 is 0 Å². The number of hydrogen-bond donors (Lipinski definition) is 0. The molecule has 4 aromatic rings. The molecule has 170 valence electrons. The van der Waals surface area contributed by atoms with E-state index in [1.165, 1.54) is 12.1 Å². The van der Waals surface area contributed by atoms with Gasteiger partial charge in [0.1, 0.15) is 0 Å². The lowest BCUT2D eigenvalue weighted by atomic mass is 10.0. The third-order valence-electron chi connectivity index (χ3n) is 5.47. The van der Waals surface area contributed by atoms with Gasteiger partial charge in [-0.25, -0.2) is 8.42 Å². The Morgan fingerprint density at radius 3 is 1.82 bits per heavy atom. The summed E-state index contributed by atoms with van der Waals surface area (Å²) in [6.45, 7) is 2.02. The van der Waals surface area contributed by atoms with Crippen LogP contribution < -0.4 is 4.31 Å². The Labute approximate surface area is 200 Å². The first kappa shape index (κ1) is 23.2. The maximum atomic E-state index is 14.1. The van der Waals surface area contributed by atoms with E-state index in [9.17, 15) is 13.2 Å². The van der Waals surface area contributed by atoms with Gasteiger partial charge in [-0.3, -0.25) is 4.79 Å². The van der Waals surface area contributed by atoms with Gasteiger partial charge in [0.05, 0.1) is 10.6 Å². The van der Waals surface area contributed by atoms with Gasteiger partial charge in [0.2, 0.25) is 0 Å². The standard InChI is InChI=1S/C29H25NO3S/c1-2-23-18-20-26(21-19-23)30(34(32,33)27-16-10-5-11-17-27)29(31)28(25-14-8-4-9-15-25)22-24-12-6-3-7-13-24/h3-22H,2H2,1H3/b28-22+. The van der Waals surface area contributed by atoms with Crippen molar-refractivity contribution in [1.82, 2.24) is 0 Å². The smallest absolute Gasteiger partial charge is 0.268 e. The second kappa shape index (κ2) is 10.3. The average molecular weight is 468 g/mol. The Balaban J connectivity index is 1.91. The van der Waals surface area contributed by atoms with Crippen molar-refractivity contribution in [2.75, 3.05) is 4.31 Å². The lowest BCUT2D eigenvalue weighted by molar-refractivity contribution is -0.112. The van der Waals surface area contributed by atoms with Gasteiger partial charge in [0.25, 0.3) is 15.9 Å². The Morgan fingerprint density at radius 1 is 0.735 bits per heavy atom. The van der Waals surface area contributed by atoms with E-state index in [2.05, 4.69) is 0 Å². The van der Waals surface area contributed by atoms with Crippen LogP contribution in [0.3, 0.4) is 0 Å². The van der Waals surface area contributed by atoms with Crippen LogP contribution in [0.4, 0.5) is 5.69 Å². The number of anilines is 1. The molecule has 0 bridgehead atoms. The van der Waals surface area contributed by atoms with Gasteiger partial charge >= 0.3 is 0 Å². The molecule has 0 spiro atoms. The number of benzene rings is 4. The molecule has 0 radical (unpaired) electrons.